The molecule has 1 aliphatic heterocycles. The topological polar surface area (TPSA) is 21.3 Å². The van der Waals surface area contributed by atoms with Crippen LogP contribution in [0.25, 0.3) is 0 Å². The second kappa shape index (κ2) is 5.84. The number of hydrogen-bond acceptors (Lipinski definition) is 3. The smallest absolute Gasteiger partial charge is 0.0615 e. The Morgan fingerprint density at radius 1 is 1.67 bits per heavy atom. The minimum absolute atomic E-state index is 0.554. The van der Waals surface area contributed by atoms with E-state index in [1.165, 1.54) is 17.9 Å². The van der Waals surface area contributed by atoms with Crippen molar-refractivity contribution in [1.29, 1.82) is 0 Å². The molecule has 2 nitrogen and oxygen atoms in total. The van der Waals surface area contributed by atoms with Crippen molar-refractivity contribution >= 4 is 11.8 Å². The Bertz CT molecular complexity index is 115. The molecular weight excluding hydrogens is 170 g/mol. The van der Waals surface area contributed by atoms with Gasteiger partial charge < -0.3 is 10.1 Å². The molecule has 72 valence electrons. The molecule has 1 aliphatic rings. The third-order valence-electron chi connectivity index (χ3n) is 2.26. The average molecular weight is 189 g/mol. The molecule has 0 aromatic heterocycles. The van der Waals surface area contributed by atoms with Crippen molar-refractivity contribution in [1.82, 2.24) is 5.32 Å². The number of thioether (sulfide) groups is 1. The van der Waals surface area contributed by atoms with E-state index >= 15 is 0 Å². The summed E-state index contributed by atoms with van der Waals surface area (Å²) in [6.45, 7) is 3.05. The van der Waals surface area contributed by atoms with E-state index in [4.69, 9.17) is 4.74 Å². The molecule has 1 heterocycles. The van der Waals surface area contributed by atoms with Gasteiger partial charge in [-0.05, 0) is 18.6 Å². The SMILES string of the molecule is CC[C@@H](COC)N[C@@H]1CCSC1. The van der Waals surface area contributed by atoms with Gasteiger partial charge in [0.1, 0.15) is 0 Å². The summed E-state index contributed by atoms with van der Waals surface area (Å²) in [5.41, 5.74) is 0. The van der Waals surface area contributed by atoms with Crippen LogP contribution >= 0.6 is 11.8 Å². The van der Waals surface area contributed by atoms with Gasteiger partial charge in [-0.2, -0.15) is 11.8 Å². The first-order valence-electron chi connectivity index (χ1n) is 4.69. The highest BCUT2D eigenvalue weighted by atomic mass is 32.2. The average Bonchev–Trinajstić information content (AvgIpc) is 2.56. The van der Waals surface area contributed by atoms with Gasteiger partial charge in [0.05, 0.1) is 6.61 Å². The van der Waals surface area contributed by atoms with Crippen molar-refractivity contribution in [3.63, 3.8) is 0 Å². The Kier molecular flexibility index (Phi) is 5.04. The summed E-state index contributed by atoms with van der Waals surface area (Å²) in [4.78, 5) is 0. The fraction of sp³-hybridized carbons (Fsp3) is 1.00. The van der Waals surface area contributed by atoms with Crippen LogP contribution in [0.15, 0.2) is 0 Å². The van der Waals surface area contributed by atoms with Crippen LogP contribution in [0.1, 0.15) is 19.8 Å². The minimum Gasteiger partial charge on any atom is -0.383 e. The van der Waals surface area contributed by atoms with Crippen molar-refractivity contribution in [2.24, 2.45) is 0 Å². The molecule has 0 unspecified atom stereocenters. The molecule has 3 heteroatoms. The summed E-state index contributed by atoms with van der Waals surface area (Å²) in [5.74, 6) is 2.60. The van der Waals surface area contributed by atoms with Crippen molar-refractivity contribution in [3.05, 3.63) is 0 Å². The van der Waals surface area contributed by atoms with Gasteiger partial charge in [-0.1, -0.05) is 6.92 Å². The maximum atomic E-state index is 5.14. The first-order valence-corrected chi connectivity index (χ1v) is 5.85. The molecule has 0 radical (unpaired) electrons. The molecule has 0 aromatic rings. The highest BCUT2D eigenvalue weighted by Gasteiger charge is 2.17. The molecule has 12 heavy (non-hydrogen) atoms. The molecule has 1 fully saturated rings. The van der Waals surface area contributed by atoms with Gasteiger partial charge in [-0.3, -0.25) is 0 Å². The van der Waals surface area contributed by atoms with Crippen LogP contribution in [0.4, 0.5) is 0 Å². The number of rotatable bonds is 5. The fourth-order valence-electron chi connectivity index (χ4n) is 1.48. The lowest BCUT2D eigenvalue weighted by Crippen LogP contribution is -2.40. The fourth-order valence-corrected chi connectivity index (χ4v) is 2.65. The summed E-state index contributed by atoms with van der Waals surface area (Å²) >= 11 is 2.05. The highest BCUT2D eigenvalue weighted by molar-refractivity contribution is 7.99. The summed E-state index contributed by atoms with van der Waals surface area (Å²) < 4.78 is 5.14. The predicted molar refractivity (Wildman–Crippen MR) is 54.8 cm³/mol. The van der Waals surface area contributed by atoms with Crippen LogP contribution in [0, 0.1) is 0 Å². The quantitative estimate of drug-likeness (QED) is 0.708. The van der Waals surface area contributed by atoms with Gasteiger partial charge in [0.15, 0.2) is 0 Å². The van der Waals surface area contributed by atoms with E-state index < -0.39 is 0 Å². The lowest BCUT2D eigenvalue weighted by atomic mass is 10.2. The van der Waals surface area contributed by atoms with Crippen molar-refractivity contribution in [2.45, 2.75) is 31.8 Å². The van der Waals surface area contributed by atoms with Crippen molar-refractivity contribution in [2.75, 3.05) is 25.2 Å². The van der Waals surface area contributed by atoms with Crippen LogP contribution in [-0.2, 0) is 4.74 Å². The second-order valence-corrected chi connectivity index (χ2v) is 4.44. The molecule has 0 aliphatic carbocycles. The molecule has 1 rings (SSSR count). The summed E-state index contributed by atoms with van der Waals surface area (Å²) in [6, 6.07) is 1.29. The molecule has 0 amide bonds. The predicted octanol–water partition coefficient (Wildman–Crippen LogP) is 1.51. The molecule has 2 atom stereocenters. The van der Waals surface area contributed by atoms with Gasteiger partial charge in [-0.25, -0.2) is 0 Å². The van der Waals surface area contributed by atoms with Gasteiger partial charge in [-0.15, -0.1) is 0 Å². The molecule has 0 spiro atoms. The number of ether oxygens (including phenoxy) is 1. The van der Waals surface area contributed by atoms with E-state index in [2.05, 4.69) is 12.2 Å². The van der Waals surface area contributed by atoms with Crippen LogP contribution in [-0.4, -0.2) is 37.3 Å². The van der Waals surface area contributed by atoms with Crippen LogP contribution in [0.2, 0.25) is 0 Å². The Morgan fingerprint density at radius 3 is 3.00 bits per heavy atom. The first-order chi connectivity index (χ1) is 5.86. The third kappa shape index (κ3) is 3.33. The van der Waals surface area contributed by atoms with Crippen molar-refractivity contribution < 1.29 is 4.74 Å². The van der Waals surface area contributed by atoms with Crippen LogP contribution in [0.5, 0.6) is 0 Å². The standard InChI is InChI=1S/C9H19NOS/c1-3-8(6-11-2)10-9-4-5-12-7-9/h8-10H,3-7H2,1-2H3/t8-,9+/m0/s1. The number of nitrogens with one attached hydrogen (secondary N) is 1. The monoisotopic (exact) mass is 189 g/mol. The van der Waals surface area contributed by atoms with E-state index in [-0.39, 0.29) is 0 Å². The zero-order valence-electron chi connectivity index (χ0n) is 8.01. The molecule has 1 saturated heterocycles. The Morgan fingerprint density at radius 2 is 2.50 bits per heavy atom. The van der Waals surface area contributed by atoms with E-state index in [1.807, 2.05) is 11.8 Å². The van der Waals surface area contributed by atoms with E-state index in [9.17, 15) is 0 Å². The largest absolute Gasteiger partial charge is 0.383 e. The third-order valence-corrected chi connectivity index (χ3v) is 3.42. The Labute approximate surface area is 79.4 Å². The first kappa shape index (κ1) is 10.4. The van der Waals surface area contributed by atoms with Gasteiger partial charge in [0.2, 0.25) is 0 Å². The lowest BCUT2D eigenvalue weighted by Gasteiger charge is -2.20. The molecule has 1 N–H and O–H groups in total. The zero-order valence-corrected chi connectivity index (χ0v) is 8.82. The summed E-state index contributed by atoms with van der Waals surface area (Å²) in [6.07, 6.45) is 2.49. The number of methoxy groups -OCH3 is 1. The van der Waals surface area contributed by atoms with Crippen LogP contribution < -0.4 is 5.32 Å². The van der Waals surface area contributed by atoms with Crippen molar-refractivity contribution in [3.8, 4) is 0 Å². The summed E-state index contributed by atoms with van der Waals surface area (Å²) in [7, 11) is 1.77. The van der Waals surface area contributed by atoms with E-state index in [1.54, 1.807) is 7.11 Å². The maximum Gasteiger partial charge on any atom is 0.0615 e. The van der Waals surface area contributed by atoms with Gasteiger partial charge >= 0.3 is 0 Å². The van der Waals surface area contributed by atoms with Gasteiger partial charge in [0, 0.05) is 24.9 Å². The minimum atomic E-state index is 0.554. The highest BCUT2D eigenvalue weighted by Crippen LogP contribution is 2.17. The maximum absolute atomic E-state index is 5.14. The van der Waals surface area contributed by atoms with Crippen LogP contribution in [0.3, 0.4) is 0 Å². The lowest BCUT2D eigenvalue weighted by molar-refractivity contribution is 0.160. The molecule has 0 bridgehead atoms. The van der Waals surface area contributed by atoms with E-state index in [0.717, 1.165) is 19.1 Å². The van der Waals surface area contributed by atoms with Gasteiger partial charge in [0.25, 0.3) is 0 Å². The zero-order chi connectivity index (χ0) is 8.81. The summed E-state index contributed by atoms with van der Waals surface area (Å²) in [5, 5.41) is 3.62. The molecule has 0 saturated carbocycles. The Balaban J connectivity index is 2.16. The molecule has 0 aromatic carbocycles. The number of hydrogen-bond donors (Lipinski definition) is 1. The normalized spacial score (nSPS) is 26.0. The molecular formula is C9H19NOS. The second-order valence-electron chi connectivity index (χ2n) is 3.29. The Hall–Kier alpha value is 0.270. The van der Waals surface area contributed by atoms with E-state index in [0.29, 0.717) is 6.04 Å².